The molecular weight excluding hydrogens is 348 g/mol. The molecule has 1 aromatic heterocycles. The molecule has 7 heteroatoms. The van der Waals surface area contributed by atoms with Gasteiger partial charge in [0.1, 0.15) is 22.5 Å². The van der Waals surface area contributed by atoms with Crippen molar-refractivity contribution in [3.63, 3.8) is 0 Å². The number of nitrogens with zero attached hydrogens (tertiary/aromatic N) is 2. The van der Waals surface area contributed by atoms with Crippen molar-refractivity contribution in [1.29, 1.82) is 0 Å². The third kappa shape index (κ3) is 3.53. The van der Waals surface area contributed by atoms with E-state index in [1.54, 1.807) is 6.92 Å². The number of aromatic nitrogens is 2. The topological polar surface area (TPSA) is 46.9 Å². The van der Waals surface area contributed by atoms with Gasteiger partial charge in [-0.3, -0.25) is 4.79 Å². The van der Waals surface area contributed by atoms with E-state index in [0.29, 0.717) is 12.2 Å². The average molecular weight is 362 g/mol. The Morgan fingerprint density at radius 3 is 2.40 bits per heavy atom. The Morgan fingerprint density at radius 1 is 1.12 bits per heavy atom. The lowest BCUT2D eigenvalue weighted by molar-refractivity contribution is 0.102. The van der Waals surface area contributed by atoms with Gasteiger partial charge in [-0.2, -0.15) is 5.10 Å². The molecule has 0 radical (unpaired) electrons. The second-order valence-corrected chi connectivity index (χ2v) is 5.80. The fourth-order valence-electron chi connectivity index (χ4n) is 2.47. The highest BCUT2D eigenvalue weighted by molar-refractivity contribution is 6.33. The molecule has 2 aromatic carbocycles. The van der Waals surface area contributed by atoms with Crippen LogP contribution in [0.25, 0.3) is 0 Å². The number of benzene rings is 2. The van der Waals surface area contributed by atoms with Gasteiger partial charge in [-0.05, 0) is 24.6 Å². The molecule has 0 bridgehead atoms. The zero-order chi connectivity index (χ0) is 18.0. The van der Waals surface area contributed by atoms with Crippen LogP contribution in [0.4, 0.5) is 14.5 Å². The van der Waals surface area contributed by atoms with Crippen molar-refractivity contribution in [3.8, 4) is 0 Å². The number of hydrogen-bond acceptors (Lipinski definition) is 2. The van der Waals surface area contributed by atoms with Crippen molar-refractivity contribution in [2.75, 3.05) is 5.32 Å². The molecule has 25 heavy (non-hydrogen) atoms. The van der Waals surface area contributed by atoms with E-state index in [2.05, 4.69) is 10.4 Å². The molecule has 1 amide bonds. The van der Waals surface area contributed by atoms with Crippen LogP contribution in [0.15, 0.2) is 48.5 Å². The summed E-state index contributed by atoms with van der Waals surface area (Å²) in [6.07, 6.45) is 0. The number of halogens is 3. The molecule has 0 aliphatic heterocycles. The maximum Gasteiger partial charge on any atom is 0.260 e. The Morgan fingerprint density at radius 2 is 1.76 bits per heavy atom. The standard InChI is InChI=1S/C18H14ClF2N3O/c1-11-15(18(25)22-16-13(20)8-5-9-14(16)21)17(19)24(23-11)10-12-6-3-2-4-7-12/h2-9H,10H2,1H3,(H,22,25). The summed E-state index contributed by atoms with van der Waals surface area (Å²) in [5, 5.41) is 6.58. The summed E-state index contributed by atoms with van der Waals surface area (Å²) in [7, 11) is 0. The molecule has 0 aliphatic carbocycles. The normalized spacial score (nSPS) is 10.7. The molecular formula is C18H14ClF2N3O. The van der Waals surface area contributed by atoms with Crippen molar-refractivity contribution < 1.29 is 13.6 Å². The van der Waals surface area contributed by atoms with Crippen LogP contribution in [0.2, 0.25) is 5.15 Å². The lowest BCUT2D eigenvalue weighted by atomic mass is 10.2. The first-order chi connectivity index (χ1) is 12.0. The van der Waals surface area contributed by atoms with Crippen molar-refractivity contribution in [2.24, 2.45) is 0 Å². The molecule has 0 spiro atoms. The van der Waals surface area contributed by atoms with E-state index < -0.39 is 23.2 Å². The maximum absolute atomic E-state index is 13.7. The van der Waals surface area contributed by atoms with Gasteiger partial charge in [-0.1, -0.05) is 48.0 Å². The first-order valence-electron chi connectivity index (χ1n) is 7.49. The Balaban J connectivity index is 1.89. The first kappa shape index (κ1) is 17.1. The fraction of sp³-hybridized carbons (Fsp3) is 0.111. The minimum atomic E-state index is -0.862. The van der Waals surface area contributed by atoms with E-state index in [9.17, 15) is 13.6 Å². The molecule has 0 saturated carbocycles. The SMILES string of the molecule is Cc1nn(Cc2ccccc2)c(Cl)c1C(=O)Nc1c(F)cccc1F. The first-order valence-corrected chi connectivity index (χ1v) is 7.87. The van der Waals surface area contributed by atoms with Crippen molar-refractivity contribution in [1.82, 2.24) is 9.78 Å². The van der Waals surface area contributed by atoms with Crippen LogP contribution in [-0.2, 0) is 6.54 Å². The summed E-state index contributed by atoms with van der Waals surface area (Å²) in [5.41, 5.74) is 0.896. The smallest absolute Gasteiger partial charge is 0.260 e. The van der Waals surface area contributed by atoms with Crippen LogP contribution in [0.1, 0.15) is 21.6 Å². The second-order valence-electron chi connectivity index (χ2n) is 5.45. The molecule has 0 saturated heterocycles. The summed E-state index contributed by atoms with van der Waals surface area (Å²) in [6, 6.07) is 12.8. The van der Waals surface area contributed by atoms with Crippen molar-refractivity contribution in [3.05, 3.63) is 82.1 Å². The predicted molar refractivity (Wildman–Crippen MR) is 91.8 cm³/mol. The van der Waals surface area contributed by atoms with Gasteiger partial charge in [-0.15, -0.1) is 0 Å². The number of nitrogens with one attached hydrogen (secondary N) is 1. The number of hydrogen-bond donors (Lipinski definition) is 1. The van der Waals surface area contributed by atoms with Gasteiger partial charge in [0.05, 0.1) is 17.8 Å². The number of para-hydroxylation sites is 1. The van der Waals surface area contributed by atoms with E-state index in [4.69, 9.17) is 11.6 Å². The van der Waals surface area contributed by atoms with Gasteiger partial charge in [0.2, 0.25) is 0 Å². The Hall–Kier alpha value is -2.73. The monoisotopic (exact) mass is 361 g/mol. The summed E-state index contributed by atoms with van der Waals surface area (Å²) in [4.78, 5) is 12.4. The molecule has 1 heterocycles. The largest absolute Gasteiger partial charge is 0.317 e. The Labute approximate surface area is 148 Å². The molecule has 0 unspecified atom stereocenters. The van der Waals surface area contributed by atoms with Crippen LogP contribution in [0.5, 0.6) is 0 Å². The Kier molecular flexibility index (Phi) is 4.81. The highest BCUT2D eigenvalue weighted by Crippen LogP contribution is 2.24. The van der Waals surface area contributed by atoms with Crippen LogP contribution in [0, 0.1) is 18.6 Å². The lowest BCUT2D eigenvalue weighted by Crippen LogP contribution is -2.15. The molecule has 1 N–H and O–H groups in total. The summed E-state index contributed by atoms with van der Waals surface area (Å²) in [5.74, 6) is -2.44. The predicted octanol–water partition coefficient (Wildman–Crippen LogP) is 4.42. The number of carbonyl (C=O) groups excluding carboxylic acids is 1. The van der Waals surface area contributed by atoms with Gasteiger partial charge >= 0.3 is 0 Å². The third-order valence-electron chi connectivity index (χ3n) is 3.67. The van der Waals surface area contributed by atoms with Gasteiger partial charge in [0, 0.05) is 0 Å². The van der Waals surface area contributed by atoms with Crippen LogP contribution in [0.3, 0.4) is 0 Å². The maximum atomic E-state index is 13.7. The fourth-order valence-corrected chi connectivity index (χ4v) is 2.79. The zero-order valence-corrected chi connectivity index (χ0v) is 14.0. The highest BCUT2D eigenvalue weighted by Gasteiger charge is 2.22. The van der Waals surface area contributed by atoms with Crippen LogP contribution >= 0.6 is 11.6 Å². The van der Waals surface area contributed by atoms with Crippen LogP contribution in [-0.4, -0.2) is 15.7 Å². The number of carbonyl (C=O) groups is 1. The molecule has 3 rings (SSSR count). The number of amides is 1. The van der Waals surface area contributed by atoms with E-state index >= 15 is 0 Å². The summed E-state index contributed by atoms with van der Waals surface area (Å²) >= 11 is 6.27. The number of aryl methyl sites for hydroxylation is 1. The molecule has 0 fully saturated rings. The Bertz CT molecular complexity index is 905. The minimum Gasteiger partial charge on any atom is -0.317 e. The number of anilines is 1. The van der Waals surface area contributed by atoms with E-state index in [1.807, 2.05) is 30.3 Å². The third-order valence-corrected chi connectivity index (χ3v) is 4.05. The summed E-state index contributed by atoms with van der Waals surface area (Å²) in [6.45, 7) is 1.99. The average Bonchev–Trinajstić information content (AvgIpc) is 2.86. The molecule has 3 aromatic rings. The minimum absolute atomic E-state index is 0.0836. The van der Waals surface area contributed by atoms with Gasteiger partial charge < -0.3 is 5.32 Å². The quantitative estimate of drug-likeness (QED) is 0.747. The van der Waals surface area contributed by atoms with E-state index in [0.717, 1.165) is 17.7 Å². The molecule has 128 valence electrons. The van der Waals surface area contributed by atoms with Crippen LogP contribution < -0.4 is 5.32 Å². The van der Waals surface area contributed by atoms with Crippen molar-refractivity contribution >= 4 is 23.2 Å². The van der Waals surface area contributed by atoms with Crippen molar-refractivity contribution in [2.45, 2.75) is 13.5 Å². The van der Waals surface area contributed by atoms with E-state index in [1.165, 1.54) is 10.7 Å². The van der Waals surface area contributed by atoms with Gasteiger partial charge in [0.15, 0.2) is 0 Å². The number of rotatable bonds is 4. The molecule has 0 aliphatic rings. The van der Waals surface area contributed by atoms with E-state index in [-0.39, 0.29) is 10.7 Å². The zero-order valence-electron chi connectivity index (χ0n) is 13.3. The van der Waals surface area contributed by atoms with Gasteiger partial charge in [0.25, 0.3) is 5.91 Å². The molecule has 4 nitrogen and oxygen atoms in total. The highest BCUT2D eigenvalue weighted by atomic mass is 35.5. The molecule has 0 atom stereocenters. The lowest BCUT2D eigenvalue weighted by Gasteiger charge is -2.07. The summed E-state index contributed by atoms with van der Waals surface area (Å²) < 4.78 is 28.9. The van der Waals surface area contributed by atoms with Gasteiger partial charge in [-0.25, -0.2) is 13.5 Å². The second kappa shape index (κ2) is 7.03.